The SMILES string of the molecule is Cc1ccc(/C=C/C2=C(C=O)C(c3ccccc3)NC(=O)N2)cc1. The summed E-state index contributed by atoms with van der Waals surface area (Å²) in [4.78, 5) is 23.6. The van der Waals surface area contributed by atoms with Gasteiger partial charge < -0.3 is 10.6 Å². The standard InChI is InChI=1S/C20H18N2O2/c1-14-7-9-15(10-8-14)11-12-18-17(13-23)19(22-20(24)21-18)16-5-3-2-4-6-16/h2-13,19H,1H3,(H2,21,22,24)/b12-11+. The Bertz CT molecular complexity index is 805. The van der Waals surface area contributed by atoms with Crippen LogP contribution in [0.4, 0.5) is 4.79 Å². The molecule has 1 heterocycles. The molecule has 0 spiro atoms. The predicted molar refractivity (Wildman–Crippen MR) is 94.2 cm³/mol. The van der Waals surface area contributed by atoms with Gasteiger partial charge in [0.15, 0.2) is 6.29 Å². The van der Waals surface area contributed by atoms with Crippen LogP contribution in [-0.4, -0.2) is 12.3 Å². The molecule has 1 atom stereocenters. The molecule has 0 aliphatic carbocycles. The van der Waals surface area contributed by atoms with E-state index in [1.54, 1.807) is 6.08 Å². The lowest BCUT2D eigenvalue weighted by Gasteiger charge is -2.26. The summed E-state index contributed by atoms with van der Waals surface area (Å²) in [5.74, 6) is 0. The molecule has 1 aliphatic rings. The van der Waals surface area contributed by atoms with Gasteiger partial charge in [-0.05, 0) is 24.1 Å². The smallest absolute Gasteiger partial charge is 0.320 e. The highest BCUT2D eigenvalue weighted by molar-refractivity contribution is 5.88. The summed E-state index contributed by atoms with van der Waals surface area (Å²) in [6.07, 6.45) is 4.44. The fraction of sp³-hybridized carbons (Fsp3) is 0.100. The molecular formula is C20H18N2O2. The number of carbonyl (C=O) groups is 2. The molecule has 2 amide bonds. The quantitative estimate of drug-likeness (QED) is 0.848. The Morgan fingerprint density at radius 2 is 1.67 bits per heavy atom. The summed E-state index contributed by atoms with van der Waals surface area (Å²) in [7, 11) is 0. The third-order valence-corrected chi connectivity index (χ3v) is 3.93. The number of hydrogen-bond acceptors (Lipinski definition) is 2. The molecule has 4 heteroatoms. The van der Waals surface area contributed by atoms with Gasteiger partial charge in [0.25, 0.3) is 0 Å². The Kier molecular flexibility index (Phi) is 4.57. The summed E-state index contributed by atoms with van der Waals surface area (Å²) in [6.45, 7) is 2.03. The van der Waals surface area contributed by atoms with Gasteiger partial charge in [-0.2, -0.15) is 0 Å². The number of carbonyl (C=O) groups excluding carboxylic acids is 2. The largest absolute Gasteiger partial charge is 0.327 e. The molecule has 4 nitrogen and oxygen atoms in total. The lowest BCUT2D eigenvalue weighted by atomic mass is 9.96. The first-order chi connectivity index (χ1) is 11.7. The highest BCUT2D eigenvalue weighted by atomic mass is 16.2. The fourth-order valence-electron chi connectivity index (χ4n) is 2.63. The Morgan fingerprint density at radius 1 is 0.958 bits per heavy atom. The van der Waals surface area contributed by atoms with Crippen molar-refractivity contribution in [3.63, 3.8) is 0 Å². The lowest BCUT2D eigenvalue weighted by Crippen LogP contribution is -2.44. The Morgan fingerprint density at radius 3 is 2.33 bits per heavy atom. The van der Waals surface area contributed by atoms with Crippen LogP contribution in [-0.2, 0) is 4.79 Å². The third kappa shape index (κ3) is 3.43. The lowest BCUT2D eigenvalue weighted by molar-refractivity contribution is -0.105. The second-order valence-electron chi connectivity index (χ2n) is 5.67. The van der Waals surface area contributed by atoms with E-state index in [1.807, 2.05) is 67.6 Å². The normalized spacial score (nSPS) is 17.5. The summed E-state index contributed by atoms with van der Waals surface area (Å²) in [6, 6.07) is 16.7. The van der Waals surface area contributed by atoms with Gasteiger partial charge in [-0.1, -0.05) is 66.2 Å². The van der Waals surface area contributed by atoms with Gasteiger partial charge in [-0.25, -0.2) is 4.79 Å². The van der Waals surface area contributed by atoms with E-state index in [4.69, 9.17) is 0 Å². The Balaban J connectivity index is 1.96. The zero-order valence-electron chi connectivity index (χ0n) is 13.3. The molecule has 0 fully saturated rings. The van der Waals surface area contributed by atoms with E-state index in [-0.39, 0.29) is 6.03 Å². The average Bonchev–Trinajstić information content (AvgIpc) is 2.61. The van der Waals surface area contributed by atoms with Crippen molar-refractivity contribution in [3.8, 4) is 0 Å². The second kappa shape index (κ2) is 6.96. The van der Waals surface area contributed by atoms with Crippen molar-refractivity contribution in [2.45, 2.75) is 13.0 Å². The van der Waals surface area contributed by atoms with Gasteiger partial charge >= 0.3 is 6.03 Å². The Hall–Kier alpha value is -3.14. The van der Waals surface area contributed by atoms with Gasteiger partial charge in [-0.3, -0.25) is 4.79 Å². The van der Waals surface area contributed by atoms with Gasteiger partial charge in [0.2, 0.25) is 0 Å². The molecule has 0 bridgehead atoms. The minimum Gasteiger partial charge on any atom is -0.327 e. The van der Waals surface area contributed by atoms with Crippen LogP contribution in [0.3, 0.4) is 0 Å². The summed E-state index contributed by atoms with van der Waals surface area (Å²) in [5, 5.41) is 5.51. The van der Waals surface area contributed by atoms with Crippen LogP contribution in [0.5, 0.6) is 0 Å². The van der Waals surface area contributed by atoms with Crippen molar-refractivity contribution >= 4 is 18.4 Å². The minimum atomic E-state index is -0.449. The van der Waals surface area contributed by atoms with Crippen LogP contribution in [0, 0.1) is 6.92 Å². The molecule has 0 radical (unpaired) electrons. The van der Waals surface area contributed by atoms with Crippen molar-refractivity contribution in [1.82, 2.24) is 10.6 Å². The molecule has 2 N–H and O–H groups in total. The third-order valence-electron chi connectivity index (χ3n) is 3.93. The van der Waals surface area contributed by atoms with Crippen molar-refractivity contribution in [2.75, 3.05) is 0 Å². The van der Waals surface area contributed by atoms with Crippen LogP contribution in [0.1, 0.15) is 22.7 Å². The first-order valence-corrected chi connectivity index (χ1v) is 7.74. The maximum atomic E-state index is 12.0. The van der Waals surface area contributed by atoms with E-state index in [0.717, 1.165) is 17.4 Å². The molecular weight excluding hydrogens is 300 g/mol. The number of aldehydes is 1. The number of amides is 2. The van der Waals surface area contributed by atoms with Gasteiger partial charge in [0.05, 0.1) is 11.7 Å². The van der Waals surface area contributed by atoms with E-state index >= 15 is 0 Å². The van der Waals surface area contributed by atoms with E-state index in [0.29, 0.717) is 11.3 Å². The maximum absolute atomic E-state index is 12.0. The van der Waals surface area contributed by atoms with Crippen molar-refractivity contribution < 1.29 is 9.59 Å². The van der Waals surface area contributed by atoms with Crippen molar-refractivity contribution in [2.24, 2.45) is 0 Å². The molecule has 3 rings (SSSR count). The summed E-state index contributed by atoms with van der Waals surface area (Å²) < 4.78 is 0. The van der Waals surface area contributed by atoms with Gasteiger partial charge in [0.1, 0.15) is 0 Å². The molecule has 0 saturated heterocycles. The van der Waals surface area contributed by atoms with Crippen LogP contribution < -0.4 is 10.6 Å². The number of hydrogen-bond donors (Lipinski definition) is 2. The number of urea groups is 1. The highest BCUT2D eigenvalue weighted by Gasteiger charge is 2.26. The Labute approximate surface area is 140 Å². The first-order valence-electron chi connectivity index (χ1n) is 7.74. The van der Waals surface area contributed by atoms with Crippen molar-refractivity contribution in [1.29, 1.82) is 0 Å². The number of allylic oxidation sites excluding steroid dienone is 1. The van der Waals surface area contributed by atoms with Crippen LogP contribution in [0.15, 0.2) is 71.9 Å². The monoisotopic (exact) mass is 318 g/mol. The molecule has 2 aromatic carbocycles. The zero-order chi connectivity index (χ0) is 16.9. The van der Waals surface area contributed by atoms with Gasteiger partial charge in [0, 0.05) is 5.57 Å². The molecule has 24 heavy (non-hydrogen) atoms. The van der Waals surface area contributed by atoms with E-state index in [9.17, 15) is 9.59 Å². The van der Waals surface area contributed by atoms with Crippen LogP contribution in [0.2, 0.25) is 0 Å². The van der Waals surface area contributed by atoms with E-state index < -0.39 is 6.04 Å². The van der Waals surface area contributed by atoms with Crippen LogP contribution >= 0.6 is 0 Å². The molecule has 1 aliphatic heterocycles. The maximum Gasteiger partial charge on any atom is 0.320 e. The predicted octanol–water partition coefficient (Wildman–Crippen LogP) is 3.52. The summed E-state index contributed by atoms with van der Waals surface area (Å²) >= 11 is 0. The number of nitrogens with one attached hydrogen (secondary N) is 2. The van der Waals surface area contributed by atoms with E-state index in [2.05, 4.69) is 10.6 Å². The molecule has 1 unspecified atom stereocenters. The zero-order valence-corrected chi connectivity index (χ0v) is 13.3. The number of rotatable bonds is 4. The molecule has 120 valence electrons. The second-order valence-corrected chi connectivity index (χ2v) is 5.67. The van der Waals surface area contributed by atoms with E-state index in [1.165, 1.54) is 5.56 Å². The van der Waals surface area contributed by atoms with Crippen molar-refractivity contribution in [3.05, 3.63) is 88.6 Å². The van der Waals surface area contributed by atoms with Gasteiger partial charge in [-0.15, -0.1) is 0 Å². The fourth-order valence-corrected chi connectivity index (χ4v) is 2.63. The molecule has 0 saturated carbocycles. The molecule has 0 aromatic heterocycles. The van der Waals surface area contributed by atoms with Crippen LogP contribution in [0.25, 0.3) is 6.08 Å². The summed E-state index contributed by atoms with van der Waals surface area (Å²) in [5.41, 5.74) is 4.07. The number of aryl methyl sites for hydroxylation is 1. The highest BCUT2D eigenvalue weighted by Crippen LogP contribution is 2.25. The topological polar surface area (TPSA) is 58.2 Å². The average molecular weight is 318 g/mol. The number of benzene rings is 2. The molecule has 2 aromatic rings. The minimum absolute atomic E-state index is 0.321. The first kappa shape index (κ1) is 15.7.